The zero-order valence-electron chi connectivity index (χ0n) is 16.0. The molecule has 2 N–H and O–H groups in total. The summed E-state index contributed by atoms with van der Waals surface area (Å²) < 4.78 is 0.105. The Morgan fingerprint density at radius 3 is 2.44 bits per heavy atom. The molecular weight excluding hydrogens is 314 g/mol. The van der Waals surface area contributed by atoms with Crippen LogP contribution in [0.1, 0.15) is 78.1 Å². The van der Waals surface area contributed by atoms with Gasteiger partial charge in [-0.3, -0.25) is 5.73 Å². The summed E-state index contributed by atoms with van der Waals surface area (Å²) in [5.41, 5.74) is 6.04. The van der Waals surface area contributed by atoms with Gasteiger partial charge in [0.15, 0.2) is 0 Å². The van der Waals surface area contributed by atoms with Gasteiger partial charge in [0.05, 0.1) is 12.2 Å². The maximum atomic E-state index is 11.1. The van der Waals surface area contributed by atoms with Crippen molar-refractivity contribution in [2.45, 2.75) is 84.2 Å². The number of amidine groups is 1. The quantitative estimate of drug-likeness (QED) is 0.297. The Hall–Kier alpha value is -1.46. The van der Waals surface area contributed by atoms with Crippen molar-refractivity contribution >= 4 is 11.8 Å². The van der Waals surface area contributed by atoms with Crippen LogP contribution in [0.5, 0.6) is 0 Å². The number of aliphatic imine (C=N–C) groups is 1. The van der Waals surface area contributed by atoms with Crippen LogP contribution in [-0.2, 0) is 4.79 Å². The number of allylic oxidation sites excluding steroid dienone is 2. The molecule has 1 rings (SSSR count). The second kappa shape index (κ2) is 12.0. The average Bonchev–Trinajstić information content (AvgIpc) is 2.96. The van der Waals surface area contributed by atoms with Gasteiger partial charge in [-0.15, -0.1) is 0 Å². The average molecular weight is 350 g/mol. The van der Waals surface area contributed by atoms with Crippen molar-refractivity contribution in [2.75, 3.05) is 6.54 Å². The van der Waals surface area contributed by atoms with Gasteiger partial charge in [0, 0.05) is 13.3 Å². The minimum atomic E-state index is -1.09. The molecule has 1 aliphatic heterocycles. The number of quaternary nitrogens is 1. The number of carbonyl (C=O) groups excluding carboxylic acids is 1. The van der Waals surface area contributed by atoms with E-state index >= 15 is 0 Å². The Bertz CT molecular complexity index is 483. The van der Waals surface area contributed by atoms with Gasteiger partial charge in [0.25, 0.3) is 0 Å². The van der Waals surface area contributed by atoms with Crippen LogP contribution in [0.25, 0.3) is 0 Å². The smallest absolute Gasteiger partial charge is 0.209 e. The molecule has 1 heterocycles. The van der Waals surface area contributed by atoms with Crippen LogP contribution in [0.4, 0.5) is 0 Å². The number of nitrogens with two attached hydrogens (primary N) is 1. The van der Waals surface area contributed by atoms with Gasteiger partial charge in [0.2, 0.25) is 5.84 Å². The van der Waals surface area contributed by atoms with Crippen molar-refractivity contribution in [2.24, 2.45) is 10.7 Å². The van der Waals surface area contributed by atoms with E-state index in [1.165, 1.54) is 38.5 Å². The number of hydrogen-bond donors (Lipinski definition) is 1. The molecule has 1 aliphatic rings. The molecule has 0 spiro atoms. The number of unbranched alkanes of at least 4 members (excludes halogenated alkanes) is 7. The number of carboxylic acid groups (broad SMARTS) is 1. The Labute approximate surface area is 152 Å². The normalized spacial score (nSPS) is 21.0. The number of rotatable bonds is 14. The lowest BCUT2D eigenvalue weighted by Gasteiger charge is -2.36. The Morgan fingerprint density at radius 2 is 1.84 bits per heavy atom. The minimum Gasteiger partial charge on any atom is -0.544 e. The fourth-order valence-corrected chi connectivity index (χ4v) is 3.29. The highest BCUT2D eigenvalue weighted by Gasteiger charge is 2.38. The van der Waals surface area contributed by atoms with Crippen molar-refractivity contribution in [1.82, 2.24) is 0 Å². The predicted molar refractivity (Wildman–Crippen MR) is 101 cm³/mol. The molecule has 142 valence electrons. The molecule has 0 saturated carbocycles. The first kappa shape index (κ1) is 21.6. The molecule has 2 unspecified atom stereocenters. The molecule has 0 saturated heterocycles. The van der Waals surface area contributed by atoms with E-state index in [9.17, 15) is 9.90 Å². The molecule has 5 heteroatoms. The van der Waals surface area contributed by atoms with Crippen molar-refractivity contribution in [1.29, 1.82) is 0 Å². The van der Waals surface area contributed by atoms with E-state index in [-0.39, 0.29) is 17.2 Å². The van der Waals surface area contributed by atoms with Crippen molar-refractivity contribution in [3.8, 4) is 0 Å². The maximum absolute atomic E-state index is 11.1. The van der Waals surface area contributed by atoms with Crippen LogP contribution >= 0.6 is 0 Å². The Kier molecular flexibility index (Phi) is 10.3. The topological polar surface area (TPSA) is 78.5 Å². The van der Waals surface area contributed by atoms with Crippen LogP contribution in [0.2, 0.25) is 0 Å². The highest BCUT2D eigenvalue weighted by atomic mass is 16.4. The Balaban J connectivity index is 2.19. The first-order chi connectivity index (χ1) is 12.0. The van der Waals surface area contributed by atoms with Gasteiger partial charge in [-0.25, -0.2) is 9.48 Å². The molecule has 0 aromatic rings. The molecule has 0 aromatic carbocycles. The monoisotopic (exact) mass is 349 g/mol. The lowest BCUT2D eigenvalue weighted by molar-refractivity contribution is -0.808. The summed E-state index contributed by atoms with van der Waals surface area (Å²) >= 11 is 0. The molecular formula is C20H35N3O2. The highest BCUT2D eigenvalue weighted by Crippen LogP contribution is 2.23. The summed E-state index contributed by atoms with van der Waals surface area (Å²) in [6, 6.07) is 0. The SMILES string of the molecule is CC/C=C/CCCCCCCCCC1=NC=C[N+]1(CC(=O)[O-])C(C)N. The van der Waals surface area contributed by atoms with E-state index in [0.29, 0.717) is 0 Å². The largest absolute Gasteiger partial charge is 0.544 e. The third-order valence-electron chi connectivity index (χ3n) is 4.83. The fourth-order valence-electron chi connectivity index (χ4n) is 3.29. The predicted octanol–water partition coefficient (Wildman–Crippen LogP) is 3.22. The van der Waals surface area contributed by atoms with Crippen molar-refractivity contribution in [3.63, 3.8) is 0 Å². The van der Waals surface area contributed by atoms with E-state index in [4.69, 9.17) is 5.73 Å². The van der Waals surface area contributed by atoms with Gasteiger partial charge in [-0.2, -0.15) is 0 Å². The summed E-state index contributed by atoms with van der Waals surface area (Å²) in [5, 5.41) is 11.1. The molecule has 0 radical (unpaired) electrons. The van der Waals surface area contributed by atoms with Crippen LogP contribution in [0.3, 0.4) is 0 Å². The lowest BCUT2D eigenvalue weighted by Crippen LogP contribution is -2.60. The molecule has 2 atom stereocenters. The molecule has 25 heavy (non-hydrogen) atoms. The summed E-state index contributed by atoms with van der Waals surface area (Å²) in [6.07, 6.45) is 19.3. The van der Waals surface area contributed by atoms with Gasteiger partial charge in [-0.05, 0) is 25.7 Å². The first-order valence-electron chi connectivity index (χ1n) is 9.75. The van der Waals surface area contributed by atoms with Crippen molar-refractivity contribution in [3.05, 3.63) is 24.6 Å². The molecule has 0 amide bonds. The molecule has 0 aliphatic carbocycles. The number of nitrogens with zero attached hydrogens (tertiary/aromatic N) is 2. The zero-order chi connectivity index (χ0) is 18.5. The minimum absolute atomic E-state index is 0.105. The number of carbonyl (C=O) groups is 1. The van der Waals surface area contributed by atoms with Crippen LogP contribution in [0, 0.1) is 0 Å². The third kappa shape index (κ3) is 7.53. The first-order valence-corrected chi connectivity index (χ1v) is 9.75. The van der Waals surface area contributed by atoms with Crippen LogP contribution in [-0.4, -0.2) is 29.0 Å². The summed E-state index contributed by atoms with van der Waals surface area (Å²) in [4.78, 5) is 15.5. The zero-order valence-corrected chi connectivity index (χ0v) is 16.0. The highest BCUT2D eigenvalue weighted by molar-refractivity contribution is 5.81. The molecule has 0 fully saturated rings. The van der Waals surface area contributed by atoms with E-state index in [0.717, 1.165) is 31.5 Å². The fraction of sp³-hybridized carbons (Fsp3) is 0.700. The van der Waals surface area contributed by atoms with E-state index in [1.54, 1.807) is 12.4 Å². The van der Waals surface area contributed by atoms with Gasteiger partial charge in [0.1, 0.15) is 18.9 Å². The van der Waals surface area contributed by atoms with Crippen molar-refractivity contribution < 1.29 is 14.4 Å². The standard InChI is InChI=1S/C20H35N3O2/c1-3-4-5-6-7-8-9-10-11-12-13-14-19-22-15-16-23(19,18(2)21)17-20(24)25/h4-5,15-16,18H,3,6-14,17,21H2,1-2H3/b5-4+. The molecule has 5 nitrogen and oxygen atoms in total. The van der Waals surface area contributed by atoms with E-state index in [1.807, 2.05) is 6.92 Å². The van der Waals surface area contributed by atoms with Crippen LogP contribution in [0.15, 0.2) is 29.5 Å². The third-order valence-corrected chi connectivity index (χ3v) is 4.83. The number of aliphatic carboxylic acids is 1. The van der Waals surface area contributed by atoms with Gasteiger partial charge >= 0.3 is 0 Å². The van der Waals surface area contributed by atoms with Gasteiger partial charge in [-0.1, -0.05) is 51.2 Å². The summed E-state index contributed by atoms with van der Waals surface area (Å²) in [7, 11) is 0. The number of carboxylic acids is 1. The van der Waals surface area contributed by atoms with Crippen LogP contribution < -0.4 is 10.8 Å². The summed E-state index contributed by atoms with van der Waals surface area (Å²) in [5.74, 6) is -0.243. The maximum Gasteiger partial charge on any atom is 0.209 e. The summed E-state index contributed by atoms with van der Waals surface area (Å²) in [6.45, 7) is 3.85. The van der Waals surface area contributed by atoms with E-state index < -0.39 is 5.97 Å². The second-order valence-corrected chi connectivity index (χ2v) is 6.94. The van der Waals surface area contributed by atoms with Gasteiger partial charge < -0.3 is 9.90 Å². The second-order valence-electron chi connectivity index (χ2n) is 6.94. The Morgan fingerprint density at radius 1 is 1.20 bits per heavy atom. The lowest BCUT2D eigenvalue weighted by atomic mass is 10.1. The molecule has 0 bridgehead atoms. The van der Waals surface area contributed by atoms with E-state index in [2.05, 4.69) is 24.1 Å². The number of hydrogen-bond acceptors (Lipinski definition) is 4. The molecule has 0 aromatic heterocycles.